The van der Waals surface area contributed by atoms with Crippen molar-refractivity contribution in [1.82, 2.24) is 9.88 Å². The smallest absolute Gasteiger partial charge is 0.0578 e. The highest BCUT2D eigenvalue weighted by Crippen LogP contribution is 2.28. The molecule has 0 unspecified atom stereocenters. The third-order valence-electron chi connectivity index (χ3n) is 2.77. The quantitative estimate of drug-likeness (QED) is 0.652. The number of hydrogen-bond acceptors (Lipinski definition) is 2. The molecule has 1 atom stereocenters. The van der Waals surface area contributed by atoms with Crippen LogP contribution in [0.3, 0.4) is 0 Å². The molecule has 0 spiro atoms. The highest BCUT2D eigenvalue weighted by Gasteiger charge is 2.23. The van der Waals surface area contributed by atoms with Gasteiger partial charge >= 0.3 is 0 Å². The van der Waals surface area contributed by atoms with Gasteiger partial charge in [-0.05, 0) is 45.5 Å². The molecule has 1 saturated heterocycles. The van der Waals surface area contributed by atoms with Crippen molar-refractivity contribution in [2.24, 2.45) is 0 Å². The van der Waals surface area contributed by atoms with E-state index in [1.807, 2.05) is 0 Å². The first-order chi connectivity index (χ1) is 6.27. The number of aromatic nitrogens is 1. The van der Waals surface area contributed by atoms with E-state index in [4.69, 9.17) is 0 Å². The Hall–Kier alpha value is -0.890. The van der Waals surface area contributed by atoms with Gasteiger partial charge in [-0.15, -0.1) is 0 Å². The van der Waals surface area contributed by atoms with Gasteiger partial charge < -0.3 is 0 Å². The van der Waals surface area contributed by atoms with E-state index < -0.39 is 0 Å². The Morgan fingerprint density at radius 2 is 2.31 bits per heavy atom. The van der Waals surface area contributed by atoms with Crippen molar-refractivity contribution in [2.75, 3.05) is 13.6 Å². The van der Waals surface area contributed by atoms with E-state index in [9.17, 15) is 0 Å². The maximum Gasteiger partial charge on any atom is 0.0578 e. The van der Waals surface area contributed by atoms with Gasteiger partial charge in [0.2, 0.25) is 0 Å². The maximum atomic E-state index is 4.56. The number of likely N-dealkylation sites (tertiary alicyclic amines) is 1. The van der Waals surface area contributed by atoms with Crippen molar-refractivity contribution in [1.29, 1.82) is 0 Å². The van der Waals surface area contributed by atoms with Crippen molar-refractivity contribution >= 4 is 0 Å². The van der Waals surface area contributed by atoms with Crippen LogP contribution in [-0.4, -0.2) is 23.5 Å². The molecule has 2 nitrogen and oxygen atoms in total. The predicted molar refractivity (Wildman–Crippen MR) is 53.6 cm³/mol. The second kappa shape index (κ2) is 3.46. The van der Waals surface area contributed by atoms with Crippen LogP contribution in [0.4, 0.5) is 0 Å². The van der Waals surface area contributed by atoms with Crippen molar-refractivity contribution in [3.8, 4) is 0 Å². The molecule has 1 aliphatic rings. The summed E-state index contributed by atoms with van der Waals surface area (Å²) in [6, 6.07) is 6.85. The SMILES string of the molecule is Cc1cccc([C@H]2CCCN2C)n1. The number of pyridine rings is 1. The number of aryl methyl sites for hydroxylation is 1. The van der Waals surface area contributed by atoms with Crippen LogP contribution < -0.4 is 0 Å². The lowest BCUT2D eigenvalue weighted by Crippen LogP contribution is -2.18. The Kier molecular flexibility index (Phi) is 2.32. The van der Waals surface area contributed by atoms with Gasteiger partial charge in [0.05, 0.1) is 11.7 Å². The fourth-order valence-electron chi connectivity index (χ4n) is 2.03. The molecule has 0 bridgehead atoms. The van der Waals surface area contributed by atoms with Crippen molar-refractivity contribution in [3.05, 3.63) is 29.6 Å². The molecule has 0 radical (unpaired) electrons. The van der Waals surface area contributed by atoms with Crippen LogP contribution in [0.2, 0.25) is 0 Å². The third kappa shape index (κ3) is 1.73. The van der Waals surface area contributed by atoms with Gasteiger partial charge in [0, 0.05) is 5.69 Å². The van der Waals surface area contributed by atoms with Crippen LogP contribution in [0.15, 0.2) is 18.2 Å². The normalized spacial score (nSPS) is 23.7. The van der Waals surface area contributed by atoms with E-state index in [1.54, 1.807) is 0 Å². The van der Waals surface area contributed by atoms with E-state index in [-0.39, 0.29) is 0 Å². The summed E-state index contributed by atoms with van der Waals surface area (Å²) in [5.41, 5.74) is 2.36. The summed E-state index contributed by atoms with van der Waals surface area (Å²) >= 11 is 0. The molecule has 2 heteroatoms. The first-order valence-electron chi connectivity index (χ1n) is 4.91. The van der Waals surface area contributed by atoms with Crippen LogP contribution >= 0.6 is 0 Å². The van der Waals surface area contributed by atoms with Crippen LogP contribution in [0, 0.1) is 6.92 Å². The van der Waals surface area contributed by atoms with Gasteiger partial charge in [0.1, 0.15) is 0 Å². The minimum atomic E-state index is 0.555. The minimum Gasteiger partial charge on any atom is -0.298 e. The summed E-state index contributed by atoms with van der Waals surface area (Å²) in [7, 11) is 2.18. The van der Waals surface area contributed by atoms with Gasteiger partial charge in [-0.1, -0.05) is 6.07 Å². The van der Waals surface area contributed by atoms with Crippen LogP contribution in [-0.2, 0) is 0 Å². The zero-order valence-electron chi connectivity index (χ0n) is 8.33. The molecule has 0 aliphatic carbocycles. The molecule has 1 fully saturated rings. The van der Waals surface area contributed by atoms with Crippen molar-refractivity contribution in [2.45, 2.75) is 25.8 Å². The Morgan fingerprint density at radius 1 is 1.46 bits per heavy atom. The molecule has 1 aromatic heterocycles. The zero-order chi connectivity index (χ0) is 9.26. The van der Waals surface area contributed by atoms with E-state index in [1.165, 1.54) is 25.1 Å². The fourth-order valence-corrected chi connectivity index (χ4v) is 2.03. The Morgan fingerprint density at radius 3 is 2.92 bits per heavy atom. The van der Waals surface area contributed by atoms with Crippen molar-refractivity contribution < 1.29 is 0 Å². The van der Waals surface area contributed by atoms with E-state index in [0.717, 1.165) is 5.69 Å². The summed E-state index contributed by atoms with van der Waals surface area (Å²) < 4.78 is 0. The average Bonchev–Trinajstić information content (AvgIpc) is 2.51. The lowest BCUT2D eigenvalue weighted by atomic mass is 10.1. The topological polar surface area (TPSA) is 16.1 Å². The molecule has 0 saturated carbocycles. The highest BCUT2D eigenvalue weighted by molar-refractivity contribution is 5.14. The lowest BCUT2D eigenvalue weighted by Gasteiger charge is -2.18. The number of rotatable bonds is 1. The molecular weight excluding hydrogens is 160 g/mol. The van der Waals surface area contributed by atoms with Crippen LogP contribution in [0.5, 0.6) is 0 Å². The van der Waals surface area contributed by atoms with E-state index in [2.05, 4.69) is 42.1 Å². The maximum absolute atomic E-state index is 4.56. The van der Waals surface area contributed by atoms with Gasteiger partial charge in [0.15, 0.2) is 0 Å². The lowest BCUT2D eigenvalue weighted by molar-refractivity contribution is 0.311. The average molecular weight is 176 g/mol. The molecule has 13 heavy (non-hydrogen) atoms. The molecule has 2 heterocycles. The molecule has 0 amide bonds. The summed E-state index contributed by atoms with van der Waals surface area (Å²) in [6.45, 7) is 3.26. The predicted octanol–water partition coefficient (Wildman–Crippen LogP) is 2.16. The van der Waals surface area contributed by atoms with Gasteiger partial charge in [-0.3, -0.25) is 9.88 Å². The monoisotopic (exact) mass is 176 g/mol. The molecule has 2 rings (SSSR count). The first-order valence-corrected chi connectivity index (χ1v) is 4.91. The van der Waals surface area contributed by atoms with Gasteiger partial charge in [0.25, 0.3) is 0 Å². The Labute approximate surface area is 79.6 Å². The van der Waals surface area contributed by atoms with Crippen LogP contribution in [0.25, 0.3) is 0 Å². The Balaban J connectivity index is 2.24. The summed E-state index contributed by atoms with van der Waals surface area (Å²) in [5, 5.41) is 0. The van der Waals surface area contributed by atoms with Crippen LogP contribution in [0.1, 0.15) is 30.3 Å². The summed E-state index contributed by atoms with van der Waals surface area (Å²) in [6.07, 6.45) is 2.56. The zero-order valence-corrected chi connectivity index (χ0v) is 8.33. The molecule has 0 N–H and O–H groups in total. The molecule has 1 aromatic rings. The second-order valence-electron chi connectivity index (χ2n) is 3.84. The minimum absolute atomic E-state index is 0.555. The standard InChI is InChI=1S/C11H16N2/c1-9-5-3-6-10(12-9)11-7-4-8-13(11)2/h3,5-6,11H,4,7-8H2,1-2H3/t11-/m1/s1. The van der Waals surface area contributed by atoms with E-state index >= 15 is 0 Å². The molecule has 1 aliphatic heterocycles. The van der Waals surface area contributed by atoms with E-state index in [0.29, 0.717) is 6.04 Å². The molecular formula is C11H16N2. The van der Waals surface area contributed by atoms with Gasteiger partial charge in [-0.2, -0.15) is 0 Å². The third-order valence-corrected chi connectivity index (χ3v) is 2.77. The molecule has 0 aromatic carbocycles. The second-order valence-corrected chi connectivity index (χ2v) is 3.84. The Bertz CT molecular complexity index is 296. The number of hydrogen-bond donors (Lipinski definition) is 0. The summed E-state index contributed by atoms with van der Waals surface area (Å²) in [4.78, 5) is 6.95. The first kappa shape index (κ1) is 8.70. The fraction of sp³-hybridized carbons (Fsp3) is 0.545. The largest absolute Gasteiger partial charge is 0.298 e. The highest BCUT2D eigenvalue weighted by atomic mass is 15.2. The molecule has 70 valence electrons. The van der Waals surface area contributed by atoms with Crippen molar-refractivity contribution in [3.63, 3.8) is 0 Å². The van der Waals surface area contributed by atoms with Gasteiger partial charge in [-0.25, -0.2) is 0 Å². The summed E-state index contributed by atoms with van der Waals surface area (Å²) in [5.74, 6) is 0. The number of nitrogens with zero attached hydrogens (tertiary/aromatic N) is 2.